The Labute approximate surface area is 220 Å². The van der Waals surface area contributed by atoms with Gasteiger partial charge in [-0.3, -0.25) is 5.10 Å². The minimum absolute atomic E-state index is 0.0806. The number of fused-ring (bicyclic) bond motifs is 1. The molecule has 7 nitrogen and oxygen atoms in total. The van der Waals surface area contributed by atoms with Crippen molar-refractivity contribution >= 4 is 11.2 Å². The Hall–Kier alpha value is -3.61. The standard InChI is InChI=1S/C15H10F4N4.C8H12N2O.C3H4F2/c1-7-8(2)23-14-13(22-7)12(20-6-21-14)10-4-3-9(5-11(10)16)15(17,18)19;1-2-4-11-8(3-1)7-5-9-10-6-7;4-3(5)1-2-3/h3-6H,1-2H3;5-6,8H,1-4H2,(H,9,10);1-2H2. The second-order valence-electron chi connectivity index (χ2n) is 9.22. The summed E-state index contributed by atoms with van der Waals surface area (Å²) in [6.07, 6.45) is 4.47. The van der Waals surface area contributed by atoms with Crippen LogP contribution in [0.25, 0.3) is 22.4 Å². The van der Waals surface area contributed by atoms with Crippen molar-refractivity contribution in [2.45, 2.75) is 64.2 Å². The molecular formula is C26H26F6N6O. The lowest BCUT2D eigenvalue weighted by atomic mass is 10.1. The number of aromatic nitrogens is 6. The molecule has 39 heavy (non-hydrogen) atoms. The SMILES string of the molecule is Cc1nc2ncnc(-c3ccc(C(F)(F)F)cc3F)c2nc1C.FC1(F)CC1.c1n[nH]cc1C1CCCCO1. The molecule has 1 aliphatic carbocycles. The van der Waals surface area contributed by atoms with Crippen LogP contribution >= 0.6 is 0 Å². The number of nitrogens with zero attached hydrogens (tertiary/aromatic N) is 5. The summed E-state index contributed by atoms with van der Waals surface area (Å²) in [7, 11) is 0. The summed E-state index contributed by atoms with van der Waals surface area (Å²) >= 11 is 0. The van der Waals surface area contributed by atoms with Gasteiger partial charge in [0.15, 0.2) is 5.65 Å². The molecule has 0 bridgehead atoms. The summed E-state index contributed by atoms with van der Waals surface area (Å²) in [5.41, 5.74) is 1.93. The van der Waals surface area contributed by atoms with Gasteiger partial charge in [0, 0.05) is 36.8 Å². The van der Waals surface area contributed by atoms with E-state index < -0.39 is 23.5 Å². The molecule has 4 heterocycles. The van der Waals surface area contributed by atoms with Gasteiger partial charge in [-0.2, -0.15) is 18.3 Å². The summed E-state index contributed by atoms with van der Waals surface area (Å²) in [6.45, 7) is 4.37. The van der Waals surface area contributed by atoms with Crippen molar-refractivity contribution in [2.75, 3.05) is 6.61 Å². The summed E-state index contributed by atoms with van der Waals surface area (Å²) in [4.78, 5) is 16.5. The Kier molecular flexibility index (Phi) is 8.48. The van der Waals surface area contributed by atoms with Crippen LogP contribution in [0.3, 0.4) is 0 Å². The van der Waals surface area contributed by atoms with Crippen molar-refractivity contribution in [2.24, 2.45) is 0 Å². The molecule has 0 amide bonds. The Morgan fingerprint density at radius 3 is 2.31 bits per heavy atom. The Morgan fingerprint density at radius 2 is 1.74 bits per heavy atom. The number of benzene rings is 1. The zero-order chi connectivity index (χ0) is 28.2. The quantitative estimate of drug-likeness (QED) is 0.271. The van der Waals surface area contributed by atoms with E-state index in [0.717, 1.165) is 25.2 Å². The van der Waals surface area contributed by atoms with E-state index in [4.69, 9.17) is 4.74 Å². The molecule has 1 aromatic carbocycles. The van der Waals surface area contributed by atoms with E-state index in [1.807, 2.05) is 12.4 Å². The van der Waals surface area contributed by atoms with Crippen LogP contribution < -0.4 is 0 Å². The van der Waals surface area contributed by atoms with Crippen LogP contribution in [0.5, 0.6) is 0 Å². The van der Waals surface area contributed by atoms with Crippen LogP contribution in [0.2, 0.25) is 0 Å². The highest BCUT2D eigenvalue weighted by atomic mass is 19.4. The van der Waals surface area contributed by atoms with Gasteiger partial charge in [0.2, 0.25) is 5.92 Å². The van der Waals surface area contributed by atoms with Crippen molar-refractivity contribution < 1.29 is 31.1 Å². The number of alkyl halides is 5. The van der Waals surface area contributed by atoms with Crippen molar-refractivity contribution in [1.29, 1.82) is 0 Å². The number of halogens is 6. The van der Waals surface area contributed by atoms with Crippen LogP contribution in [-0.4, -0.2) is 42.7 Å². The molecule has 3 aromatic heterocycles. The molecule has 1 saturated carbocycles. The largest absolute Gasteiger partial charge is 0.416 e. The summed E-state index contributed by atoms with van der Waals surface area (Å²) < 4.78 is 79.9. The number of hydrogen-bond acceptors (Lipinski definition) is 6. The van der Waals surface area contributed by atoms with Gasteiger partial charge >= 0.3 is 6.18 Å². The van der Waals surface area contributed by atoms with Crippen LogP contribution in [0.15, 0.2) is 36.9 Å². The van der Waals surface area contributed by atoms with Crippen molar-refractivity contribution in [1.82, 2.24) is 30.1 Å². The van der Waals surface area contributed by atoms with E-state index in [0.29, 0.717) is 23.6 Å². The van der Waals surface area contributed by atoms with Gasteiger partial charge in [0.25, 0.3) is 0 Å². The number of hydrogen-bond donors (Lipinski definition) is 1. The van der Waals surface area contributed by atoms with E-state index in [-0.39, 0.29) is 35.3 Å². The molecule has 1 unspecified atom stereocenters. The molecule has 1 atom stereocenters. The fraction of sp³-hybridized carbons (Fsp3) is 0.423. The smallest absolute Gasteiger partial charge is 0.373 e. The van der Waals surface area contributed by atoms with Crippen molar-refractivity contribution in [3.8, 4) is 11.3 Å². The predicted octanol–water partition coefficient (Wildman–Crippen LogP) is 6.93. The van der Waals surface area contributed by atoms with E-state index in [1.54, 1.807) is 13.8 Å². The zero-order valence-corrected chi connectivity index (χ0v) is 21.2. The summed E-state index contributed by atoms with van der Waals surface area (Å²) in [5.74, 6) is -3.28. The minimum Gasteiger partial charge on any atom is -0.373 e. The molecule has 208 valence electrons. The molecule has 6 rings (SSSR count). The number of ether oxygens (including phenoxy) is 1. The number of H-pyrrole nitrogens is 1. The zero-order valence-electron chi connectivity index (χ0n) is 21.2. The van der Waals surface area contributed by atoms with Crippen LogP contribution in [0, 0.1) is 19.7 Å². The number of nitrogens with one attached hydrogen (secondary N) is 1. The molecule has 1 saturated heterocycles. The lowest BCUT2D eigenvalue weighted by molar-refractivity contribution is -0.137. The molecule has 2 aliphatic rings. The Morgan fingerprint density at radius 1 is 1.03 bits per heavy atom. The molecule has 2 fully saturated rings. The van der Waals surface area contributed by atoms with Crippen LogP contribution in [-0.2, 0) is 10.9 Å². The monoisotopic (exact) mass is 552 g/mol. The van der Waals surface area contributed by atoms with Gasteiger partial charge < -0.3 is 4.74 Å². The molecule has 1 N–H and O–H groups in total. The second-order valence-corrected chi connectivity index (χ2v) is 9.22. The van der Waals surface area contributed by atoms with Crippen molar-refractivity contribution in [3.05, 3.63) is 65.3 Å². The van der Waals surface area contributed by atoms with Crippen LogP contribution in [0.4, 0.5) is 26.3 Å². The first-order valence-electron chi connectivity index (χ1n) is 12.3. The Balaban J connectivity index is 0.000000180. The summed E-state index contributed by atoms with van der Waals surface area (Å²) in [5, 5.41) is 6.69. The van der Waals surface area contributed by atoms with Gasteiger partial charge in [-0.05, 0) is 51.3 Å². The third-order valence-corrected chi connectivity index (χ3v) is 6.13. The normalized spacial score (nSPS) is 18.0. The second kappa shape index (κ2) is 11.6. The van der Waals surface area contributed by atoms with Crippen LogP contribution in [0.1, 0.15) is 60.7 Å². The predicted molar refractivity (Wildman–Crippen MR) is 130 cm³/mol. The molecular weight excluding hydrogens is 526 g/mol. The van der Waals surface area contributed by atoms with E-state index in [9.17, 15) is 26.3 Å². The molecule has 0 spiro atoms. The van der Waals surface area contributed by atoms with Crippen molar-refractivity contribution in [3.63, 3.8) is 0 Å². The van der Waals surface area contributed by atoms with Gasteiger partial charge in [0.1, 0.15) is 23.4 Å². The summed E-state index contributed by atoms with van der Waals surface area (Å²) in [6, 6.07) is 2.29. The molecule has 1 aliphatic heterocycles. The first-order chi connectivity index (χ1) is 18.4. The minimum atomic E-state index is -4.61. The highest BCUT2D eigenvalue weighted by Crippen LogP contribution is 2.40. The van der Waals surface area contributed by atoms with E-state index >= 15 is 0 Å². The number of aryl methyl sites for hydroxylation is 2. The maximum atomic E-state index is 14.2. The first kappa shape index (κ1) is 28.4. The Bertz CT molecular complexity index is 1400. The maximum Gasteiger partial charge on any atom is 0.416 e. The molecule has 0 radical (unpaired) electrons. The number of rotatable bonds is 2. The highest BCUT2D eigenvalue weighted by Gasteiger charge is 2.43. The van der Waals surface area contributed by atoms with E-state index in [1.165, 1.54) is 24.7 Å². The van der Waals surface area contributed by atoms with Gasteiger partial charge in [0.05, 0.1) is 29.3 Å². The van der Waals surface area contributed by atoms with E-state index in [2.05, 4.69) is 30.1 Å². The average Bonchev–Trinajstić information content (AvgIpc) is 3.35. The maximum absolute atomic E-state index is 14.2. The highest BCUT2D eigenvalue weighted by molar-refractivity contribution is 5.86. The van der Waals surface area contributed by atoms with Gasteiger partial charge in [-0.15, -0.1) is 0 Å². The fourth-order valence-corrected chi connectivity index (χ4v) is 3.66. The average molecular weight is 553 g/mol. The lowest BCUT2D eigenvalue weighted by Gasteiger charge is -2.20. The topological polar surface area (TPSA) is 89.5 Å². The molecule has 13 heteroatoms. The number of aromatic amines is 1. The van der Waals surface area contributed by atoms with Gasteiger partial charge in [-0.1, -0.05) is 0 Å². The first-order valence-corrected chi connectivity index (χ1v) is 12.3. The van der Waals surface area contributed by atoms with Gasteiger partial charge in [-0.25, -0.2) is 33.1 Å². The lowest BCUT2D eigenvalue weighted by Crippen LogP contribution is -2.10. The third kappa shape index (κ3) is 7.49. The fourth-order valence-electron chi connectivity index (χ4n) is 3.66. The molecule has 4 aromatic rings. The third-order valence-electron chi connectivity index (χ3n) is 6.13.